The number of hydrogen-bond donors (Lipinski definition) is 3. The van der Waals surface area contributed by atoms with Crippen molar-refractivity contribution in [3.05, 3.63) is 28.8 Å². The van der Waals surface area contributed by atoms with E-state index < -0.39 is 12.2 Å². The Bertz CT molecular complexity index is 730. The molecule has 0 unspecified atom stereocenters. The summed E-state index contributed by atoms with van der Waals surface area (Å²) in [6, 6.07) is 3.60. The molecule has 0 atom stereocenters. The van der Waals surface area contributed by atoms with Gasteiger partial charge in [-0.1, -0.05) is 13.8 Å². The van der Waals surface area contributed by atoms with Crippen LogP contribution in [0.25, 0.3) is 0 Å². The van der Waals surface area contributed by atoms with Crippen LogP contribution >= 0.6 is 0 Å². The van der Waals surface area contributed by atoms with Crippen molar-refractivity contribution in [1.82, 2.24) is 16.0 Å². The molecule has 0 aliphatic rings. The third-order valence-corrected chi connectivity index (χ3v) is 4.25. The topological polar surface area (TPSA) is 124 Å². The first kappa shape index (κ1) is 27.2. The van der Waals surface area contributed by atoms with E-state index in [1.54, 1.807) is 12.1 Å². The molecule has 0 aliphatic heterocycles. The SMILES string of the molecule is CNC(=O)OCc1cc(C)c(OC(=O)NCCOCCOCCNC(=O)C(C)C)c(C)c1. The number of carbonyl (C=O) groups excluding carboxylic acids is 3. The lowest BCUT2D eigenvalue weighted by Crippen LogP contribution is -2.31. The second-order valence-corrected chi connectivity index (χ2v) is 7.37. The number of aryl methyl sites for hydroxylation is 2. The fourth-order valence-corrected chi connectivity index (χ4v) is 2.63. The highest BCUT2D eigenvalue weighted by atomic mass is 16.6. The Kier molecular flexibility index (Phi) is 12.8. The molecule has 0 spiro atoms. The Morgan fingerprint density at radius 3 is 1.97 bits per heavy atom. The molecule has 1 aromatic carbocycles. The van der Waals surface area contributed by atoms with E-state index >= 15 is 0 Å². The number of hydrogen-bond acceptors (Lipinski definition) is 7. The van der Waals surface area contributed by atoms with Gasteiger partial charge in [0, 0.05) is 26.1 Å². The molecule has 3 amide bonds. The summed E-state index contributed by atoms with van der Waals surface area (Å²) in [5.74, 6) is 0.420. The second kappa shape index (κ2) is 15.0. The number of rotatable bonds is 13. The highest BCUT2D eigenvalue weighted by Crippen LogP contribution is 2.25. The van der Waals surface area contributed by atoms with Crippen molar-refractivity contribution < 1.29 is 33.3 Å². The molecular formula is C22H35N3O7. The Balaban J connectivity index is 2.20. The van der Waals surface area contributed by atoms with Crippen LogP contribution in [0.5, 0.6) is 5.75 Å². The highest BCUT2D eigenvalue weighted by Gasteiger charge is 2.12. The minimum Gasteiger partial charge on any atom is -0.445 e. The molecule has 180 valence electrons. The predicted molar refractivity (Wildman–Crippen MR) is 119 cm³/mol. The smallest absolute Gasteiger partial charge is 0.412 e. The fraction of sp³-hybridized carbons (Fsp3) is 0.591. The van der Waals surface area contributed by atoms with E-state index in [-0.39, 0.29) is 18.4 Å². The zero-order valence-corrected chi connectivity index (χ0v) is 19.5. The number of carbonyl (C=O) groups is 3. The molecule has 10 heteroatoms. The number of amides is 3. The van der Waals surface area contributed by atoms with Crippen molar-refractivity contribution in [2.24, 2.45) is 5.92 Å². The third-order valence-electron chi connectivity index (χ3n) is 4.25. The van der Waals surface area contributed by atoms with Gasteiger partial charge in [-0.2, -0.15) is 0 Å². The summed E-state index contributed by atoms with van der Waals surface area (Å²) >= 11 is 0. The maximum absolute atomic E-state index is 12.0. The largest absolute Gasteiger partial charge is 0.445 e. The summed E-state index contributed by atoms with van der Waals surface area (Å²) in [5.41, 5.74) is 2.32. The van der Waals surface area contributed by atoms with Gasteiger partial charge in [-0.25, -0.2) is 9.59 Å². The lowest BCUT2D eigenvalue weighted by Gasteiger charge is -2.14. The minimum atomic E-state index is -0.577. The van der Waals surface area contributed by atoms with E-state index in [4.69, 9.17) is 18.9 Å². The van der Waals surface area contributed by atoms with Crippen molar-refractivity contribution in [2.45, 2.75) is 34.3 Å². The van der Waals surface area contributed by atoms with Gasteiger partial charge in [-0.05, 0) is 42.7 Å². The van der Waals surface area contributed by atoms with Gasteiger partial charge in [0.1, 0.15) is 12.4 Å². The van der Waals surface area contributed by atoms with Gasteiger partial charge >= 0.3 is 12.2 Å². The number of ether oxygens (including phenoxy) is 4. The first-order valence-corrected chi connectivity index (χ1v) is 10.6. The van der Waals surface area contributed by atoms with Crippen LogP contribution in [0.15, 0.2) is 12.1 Å². The molecule has 3 N–H and O–H groups in total. The monoisotopic (exact) mass is 453 g/mol. The second-order valence-electron chi connectivity index (χ2n) is 7.37. The molecule has 1 aromatic rings. The molecule has 0 saturated carbocycles. The fourth-order valence-electron chi connectivity index (χ4n) is 2.63. The van der Waals surface area contributed by atoms with Crippen LogP contribution in [0.4, 0.5) is 9.59 Å². The lowest BCUT2D eigenvalue weighted by atomic mass is 10.1. The Morgan fingerprint density at radius 1 is 0.875 bits per heavy atom. The van der Waals surface area contributed by atoms with E-state index in [2.05, 4.69) is 16.0 Å². The summed E-state index contributed by atoms with van der Waals surface area (Å²) in [7, 11) is 1.49. The Hall–Kier alpha value is -2.85. The average molecular weight is 454 g/mol. The molecule has 32 heavy (non-hydrogen) atoms. The van der Waals surface area contributed by atoms with Crippen molar-refractivity contribution >= 4 is 18.1 Å². The van der Waals surface area contributed by atoms with Crippen molar-refractivity contribution in [1.29, 1.82) is 0 Å². The molecule has 0 bridgehead atoms. The van der Waals surface area contributed by atoms with Crippen LogP contribution in [0, 0.1) is 19.8 Å². The Labute approximate surface area is 189 Å². The maximum Gasteiger partial charge on any atom is 0.412 e. The van der Waals surface area contributed by atoms with Gasteiger partial charge in [-0.15, -0.1) is 0 Å². The molecule has 1 rings (SSSR count). The molecule has 0 heterocycles. The average Bonchev–Trinajstić information content (AvgIpc) is 2.75. The van der Waals surface area contributed by atoms with Gasteiger partial charge < -0.3 is 34.9 Å². The quantitative estimate of drug-likeness (QED) is 0.391. The van der Waals surface area contributed by atoms with Gasteiger partial charge in [0.05, 0.1) is 26.4 Å². The van der Waals surface area contributed by atoms with E-state index in [1.165, 1.54) is 7.05 Å². The van der Waals surface area contributed by atoms with Crippen molar-refractivity contribution in [3.63, 3.8) is 0 Å². The molecule has 0 radical (unpaired) electrons. The molecule has 10 nitrogen and oxygen atoms in total. The number of benzene rings is 1. The number of alkyl carbamates (subject to hydrolysis) is 1. The molecule has 0 aromatic heterocycles. The summed E-state index contributed by atoms with van der Waals surface area (Å²) in [4.78, 5) is 34.6. The zero-order valence-electron chi connectivity index (χ0n) is 19.5. The van der Waals surface area contributed by atoms with Gasteiger partial charge in [0.25, 0.3) is 0 Å². The van der Waals surface area contributed by atoms with Gasteiger partial charge in [-0.3, -0.25) is 4.79 Å². The molecule has 0 aliphatic carbocycles. The Morgan fingerprint density at radius 2 is 1.44 bits per heavy atom. The summed E-state index contributed by atoms with van der Waals surface area (Å²) in [6.45, 7) is 9.69. The van der Waals surface area contributed by atoms with Crippen LogP contribution in [0.2, 0.25) is 0 Å². The first-order valence-electron chi connectivity index (χ1n) is 10.6. The van der Waals surface area contributed by atoms with E-state index in [0.29, 0.717) is 45.3 Å². The van der Waals surface area contributed by atoms with Crippen LogP contribution in [0.3, 0.4) is 0 Å². The lowest BCUT2D eigenvalue weighted by molar-refractivity contribution is -0.124. The van der Waals surface area contributed by atoms with Crippen LogP contribution in [-0.2, 0) is 25.6 Å². The first-order chi connectivity index (χ1) is 15.2. The van der Waals surface area contributed by atoms with Gasteiger partial charge in [0.15, 0.2) is 0 Å². The standard InChI is InChI=1S/C22H35N3O7/c1-15(2)20(26)24-6-8-29-10-11-30-9-7-25-22(28)32-19-16(3)12-18(13-17(19)4)14-31-21(27)23-5/h12-13,15H,6-11,14H2,1-5H3,(H,23,27)(H,24,26)(H,25,28). The summed E-state index contributed by atoms with van der Waals surface area (Å²) in [5, 5.41) is 7.77. The van der Waals surface area contributed by atoms with E-state index in [9.17, 15) is 14.4 Å². The van der Waals surface area contributed by atoms with Crippen LogP contribution < -0.4 is 20.7 Å². The third kappa shape index (κ3) is 11.0. The highest BCUT2D eigenvalue weighted by molar-refractivity contribution is 5.77. The minimum absolute atomic E-state index is 0.000767. The normalized spacial score (nSPS) is 10.6. The zero-order chi connectivity index (χ0) is 23.9. The van der Waals surface area contributed by atoms with E-state index in [0.717, 1.165) is 16.7 Å². The molecule has 0 saturated heterocycles. The maximum atomic E-state index is 12.0. The van der Waals surface area contributed by atoms with Crippen LogP contribution in [-0.4, -0.2) is 64.7 Å². The molecular weight excluding hydrogens is 418 g/mol. The number of nitrogens with one attached hydrogen (secondary N) is 3. The summed E-state index contributed by atoms with van der Waals surface area (Å²) < 4.78 is 21.2. The van der Waals surface area contributed by atoms with Crippen molar-refractivity contribution in [3.8, 4) is 5.75 Å². The predicted octanol–water partition coefficient (Wildman–Crippen LogP) is 2.05. The van der Waals surface area contributed by atoms with Gasteiger partial charge in [0.2, 0.25) is 5.91 Å². The van der Waals surface area contributed by atoms with Crippen molar-refractivity contribution in [2.75, 3.05) is 46.6 Å². The summed E-state index contributed by atoms with van der Waals surface area (Å²) in [6.07, 6.45) is -1.09. The van der Waals surface area contributed by atoms with E-state index in [1.807, 2.05) is 27.7 Å². The van der Waals surface area contributed by atoms with Crippen LogP contribution in [0.1, 0.15) is 30.5 Å². The molecule has 0 fully saturated rings.